The molecular weight excluding hydrogens is 278 g/mol. The van der Waals surface area contributed by atoms with E-state index >= 15 is 0 Å². The van der Waals surface area contributed by atoms with Crippen LogP contribution >= 0.6 is 0 Å². The predicted molar refractivity (Wildman–Crippen MR) is 85.1 cm³/mol. The first kappa shape index (κ1) is 16.8. The highest BCUT2D eigenvalue weighted by Crippen LogP contribution is 2.46. The molecule has 4 aliphatic rings. The van der Waals surface area contributed by atoms with Gasteiger partial charge in [-0.3, -0.25) is 0 Å². The molecule has 4 bridgehead atoms. The Hall–Kier alpha value is -0.0301. The lowest BCUT2D eigenvalue weighted by molar-refractivity contribution is -0.115. The summed E-state index contributed by atoms with van der Waals surface area (Å²) in [6, 6.07) is -0.391. The molecule has 0 amide bonds. The molecule has 0 aliphatic carbocycles. The second-order valence-corrected chi connectivity index (χ2v) is 7.13. The van der Waals surface area contributed by atoms with E-state index in [0.717, 1.165) is 26.1 Å². The maximum Gasteiger partial charge on any atom is 0.112 e. The highest BCUT2D eigenvalue weighted by molar-refractivity contribution is 6.12. The third-order valence-corrected chi connectivity index (χ3v) is 6.27. The summed E-state index contributed by atoms with van der Waals surface area (Å²) < 4.78 is 22.4. The minimum atomic E-state index is -0.196. The third kappa shape index (κ3) is 2.29. The minimum absolute atomic E-state index is 0.0654. The maximum absolute atomic E-state index is 5.72. The van der Waals surface area contributed by atoms with Crippen LogP contribution < -0.4 is 0 Å². The van der Waals surface area contributed by atoms with E-state index in [9.17, 15) is 0 Å². The standard InChI is InChI=1S/2C8H13BO2/c2*1-3-8-4-10-6(5(8)2)7(9)11-8/h2*5-7H,3-4H2,1-2H3/t5-,6?,7+,8+;5-,6?,7-,8+/m01/s1. The molecule has 0 aromatic carbocycles. The van der Waals surface area contributed by atoms with Gasteiger partial charge in [0.15, 0.2) is 0 Å². The monoisotopic (exact) mass is 304 g/mol. The summed E-state index contributed by atoms with van der Waals surface area (Å²) in [6.45, 7) is 10.0. The Labute approximate surface area is 136 Å². The zero-order valence-corrected chi connectivity index (χ0v) is 14.1. The lowest BCUT2D eigenvalue weighted by Gasteiger charge is -2.29. The molecule has 0 saturated carbocycles. The zero-order valence-electron chi connectivity index (χ0n) is 14.1. The van der Waals surface area contributed by atoms with Gasteiger partial charge >= 0.3 is 0 Å². The van der Waals surface area contributed by atoms with E-state index in [1.807, 2.05) is 0 Å². The van der Waals surface area contributed by atoms with E-state index in [1.165, 1.54) is 0 Å². The molecular formula is C16H26B2O4. The summed E-state index contributed by atoms with van der Waals surface area (Å²) in [5, 5.41) is 0. The SMILES string of the molecule is [B][C@@H]1O[C@@]2(CC)COC1[C@H]2C.[B][C@@H]1O[C@]2(CC)COC1[C@@H]2C. The first-order valence-electron chi connectivity index (χ1n) is 8.49. The van der Waals surface area contributed by atoms with E-state index in [4.69, 9.17) is 34.6 Å². The van der Waals surface area contributed by atoms with Gasteiger partial charge in [0.05, 0.1) is 36.6 Å². The van der Waals surface area contributed by atoms with Gasteiger partial charge in [-0.2, -0.15) is 0 Å². The van der Waals surface area contributed by atoms with Crippen LogP contribution in [0.2, 0.25) is 0 Å². The Morgan fingerprint density at radius 3 is 1.32 bits per heavy atom. The summed E-state index contributed by atoms with van der Waals surface area (Å²) in [5.74, 6) is 0.921. The number of fused-ring (bicyclic) bond motifs is 4. The first-order valence-corrected chi connectivity index (χ1v) is 8.49. The van der Waals surface area contributed by atoms with Crippen molar-refractivity contribution in [1.29, 1.82) is 0 Å². The third-order valence-electron chi connectivity index (χ3n) is 6.27. The Morgan fingerprint density at radius 2 is 1.18 bits per heavy atom. The van der Waals surface area contributed by atoms with Crippen LogP contribution in [0.3, 0.4) is 0 Å². The average Bonchev–Trinajstić information content (AvgIpc) is 3.15. The van der Waals surface area contributed by atoms with Gasteiger partial charge in [0.1, 0.15) is 15.7 Å². The van der Waals surface area contributed by atoms with Crippen molar-refractivity contribution in [2.75, 3.05) is 13.2 Å². The Bertz CT molecular complexity index is 385. The molecule has 22 heavy (non-hydrogen) atoms. The van der Waals surface area contributed by atoms with Gasteiger partial charge in [-0.05, 0) is 12.8 Å². The van der Waals surface area contributed by atoms with Gasteiger partial charge in [-0.1, -0.05) is 27.7 Å². The van der Waals surface area contributed by atoms with Crippen LogP contribution in [-0.2, 0) is 18.9 Å². The van der Waals surface area contributed by atoms with Crippen LogP contribution in [-0.4, -0.2) is 64.3 Å². The Morgan fingerprint density at radius 1 is 0.818 bits per heavy atom. The molecule has 4 radical (unpaired) electrons. The molecule has 0 aromatic rings. The van der Waals surface area contributed by atoms with Crippen molar-refractivity contribution in [3.05, 3.63) is 0 Å². The fraction of sp³-hybridized carbons (Fsp3) is 1.00. The number of rotatable bonds is 2. The molecule has 4 saturated heterocycles. The molecule has 120 valence electrons. The molecule has 4 rings (SSSR count). The lowest BCUT2D eigenvalue weighted by atomic mass is 9.85. The molecule has 4 fully saturated rings. The summed E-state index contributed by atoms with van der Waals surface area (Å²) >= 11 is 0. The van der Waals surface area contributed by atoms with Crippen LogP contribution in [0.15, 0.2) is 0 Å². The van der Waals surface area contributed by atoms with Crippen molar-refractivity contribution in [2.45, 2.75) is 76.0 Å². The van der Waals surface area contributed by atoms with Crippen molar-refractivity contribution in [1.82, 2.24) is 0 Å². The molecule has 0 N–H and O–H groups in total. The van der Waals surface area contributed by atoms with Gasteiger partial charge in [-0.15, -0.1) is 0 Å². The first-order chi connectivity index (χ1) is 10.4. The van der Waals surface area contributed by atoms with Gasteiger partial charge < -0.3 is 18.9 Å². The predicted octanol–water partition coefficient (Wildman–Crippen LogP) is 1.39. The largest absolute Gasteiger partial charge is 0.376 e. The Kier molecular flexibility index (Phi) is 4.43. The summed E-state index contributed by atoms with van der Waals surface area (Å²) in [6.07, 6.45) is 2.27. The maximum atomic E-state index is 5.72. The van der Waals surface area contributed by atoms with Crippen molar-refractivity contribution in [3.8, 4) is 0 Å². The second kappa shape index (κ2) is 5.80. The van der Waals surface area contributed by atoms with Crippen LogP contribution in [0.25, 0.3) is 0 Å². The van der Waals surface area contributed by atoms with Crippen molar-refractivity contribution >= 4 is 15.7 Å². The van der Waals surface area contributed by atoms with Crippen LogP contribution in [0, 0.1) is 11.8 Å². The Balaban J connectivity index is 0.000000131. The fourth-order valence-corrected chi connectivity index (χ4v) is 4.36. The number of hydrogen-bond donors (Lipinski definition) is 0. The quantitative estimate of drug-likeness (QED) is 0.723. The number of ether oxygens (including phenoxy) is 4. The highest BCUT2D eigenvalue weighted by Gasteiger charge is 2.56. The average molecular weight is 304 g/mol. The van der Waals surface area contributed by atoms with E-state index < -0.39 is 0 Å². The summed E-state index contributed by atoms with van der Waals surface area (Å²) in [7, 11) is 11.4. The van der Waals surface area contributed by atoms with Crippen molar-refractivity contribution < 1.29 is 18.9 Å². The highest BCUT2D eigenvalue weighted by atomic mass is 16.6. The fourth-order valence-electron chi connectivity index (χ4n) is 4.36. The molecule has 2 unspecified atom stereocenters. The molecule has 0 aromatic heterocycles. The van der Waals surface area contributed by atoms with Gasteiger partial charge in [-0.25, -0.2) is 0 Å². The summed E-state index contributed by atoms with van der Waals surface area (Å²) in [4.78, 5) is 0. The molecule has 0 spiro atoms. The van der Waals surface area contributed by atoms with Crippen LogP contribution in [0.1, 0.15) is 40.5 Å². The zero-order chi connectivity index (χ0) is 16.1. The molecule has 6 heteroatoms. The van der Waals surface area contributed by atoms with E-state index in [0.29, 0.717) is 11.8 Å². The second-order valence-electron chi connectivity index (χ2n) is 7.13. The lowest BCUT2D eigenvalue weighted by Crippen LogP contribution is -2.37. The topological polar surface area (TPSA) is 36.9 Å². The molecule has 4 heterocycles. The van der Waals surface area contributed by atoms with Crippen LogP contribution in [0.4, 0.5) is 0 Å². The van der Waals surface area contributed by atoms with E-state index in [2.05, 4.69) is 27.7 Å². The minimum Gasteiger partial charge on any atom is -0.376 e. The molecule has 4 nitrogen and oxygen atoms in total. The van der Waals surface area contributed by atoms with E-state index in [1.54, 1.807) is 0 Å². The van der Waals surface area contributed by atoms with Gasteiger partial charge in [0.2, 0.25) is 0 Å². The molecule has 4 aliphatic heterocycles. The van der Waals surface area contributed by atoms with E-state index in [-0.39, 0.29) is 35.4 Å². The van der Waals surface area contributed by atoms with Gasteiger partial charge in [0.25, 0.3) is 0 Å². The van der Waals surface area contributed by atoms with Crippen molar-refractivity contribution in [3.63, 3.8) is 0 Å². The number of hydrogen-bond acceptors (Lipinski definition) is 4. The smallest absolute Gasteiger partial charge is 0.112 e. The van der Waals surface area contributed by atoms with Crippen LogP contribution in [0.5, 0.6) is 0 Å². The molecule has 8 atom stereocenters. The van der Waals surface area contributed by atoms with Crippen molar-refractivity contribution in [2.24, 2.45) is 11.8 Å². The summed E-state index contributed by atoms with van der Waals surface area (Å²) in [5.41, 5.74) is -0.131. The van der Waals surface area contributed by atoms with Gasteiger partial charge in [0, 0.05) is 23.8 Å². The normalized spacial score (nSPS) is 55.3.